The standard InChI is InChI=1S/C15H19NO3S/c1-5-18-15(17)12-11(8-9(2)3)19-14(16-12)13-10(4)6-7-20-13/h6-7,9H,5,8H2,1-4H3. The third-order valence-electron chi connectivity index (χ3n) is 2.82. The van der Waals surface area contributed by atoms with E-state index in [0.717, 1.165) is 10.4 Å². The molecule has 0 aliphatic carbocycles. The lowest BCUT2D eigenvalue weighted by molar-refractivity contribution is 0.0517. The van der Waals surface area contributed by atoms with Gasteiger partial charge < -0.3 is 9.15 Å². The van der Waals surface area contributed by atoms with E-state index in [4.69, 9.17) is 9.15 Å². The van der Waals surface area contributed by atoms with Crippen molar-refractivity contribution in [1.82, 2.24) is 4.98 Å². The van der Waals surface area contributed by atoms with Crippen LogP contribution in [0.3, 0.4) is 0 Å². The van der Waals surface area contributed by atoms with Crippen molar-refractivity contribution in [2.24, 2.45) is 5.92 Å². The van der Waals surface area contributed by atoms with Crippen molar-refractivity contribution in [3.8, 4) is 10.8 Å². The number of esters is 1. The average Bonchev–Trinajstić information content (AvgIpc) is 2.95. The van der Waals surface area contributed by atoms with Gasteiger partial charge in [-0.05, 0) is 36.8 Å². The number of nitrogens with zero attached hydrogens (tertiary/aromatic N) is 1. The molecule has 0 atom stereocenters. The number of ether oxygens (including phenoxy) is 1. The van der Waals surface area contributed by atoms with Gasteiger partial charge in [0.1, 0.15) is 5.76 Å². The van der Waals surface area contributed by atoms with Crippen molar-refractivity contribution in [2.45, 2.75) is 34.1 Å². The largest absolute Gasteiger partial charge is 0.461 e. The lowest BCUT2D eigenvalue weighted by Crippen LogP contribution is -2.09. The maximum absolute atomic E-state index is 12.0. The smallest absolute Gasteiger partial charge is 0.360 e. The molecule has 5 heteroatoms. The third kappa shape index (κ3) is 3.10. The Morgan fingerprint density at radius 3 is 2.80 bits per heavy atom. The van der Waals surface area contributed by atoms with Crippen molar-refractivity contribution < 1.29 is 13.9 Å². The fourth-order valence-electron chi connectivity index (χ4n) is 1.91. The summed E-state index contributed by atoms with van der Waals surface area (Å²) in [6.45, 7) is 8.27. The van der Waals surface area contributed by atoms with E-state index in [9.17, 15) is 4.79 Å². The van der Waals surface area contributed by atoms with E-state index in [2.05, 4.69) is 18.8 Å². The van der Waals surface area contributed by atoms with Gasteiger partial charge in [-0.15, -0.1) is 11.3 Å². The first-order chi connectivity index (χ1) is 9.52. The fraction of sp³-hybridized carbons (Fsp3) is 0.467. The molecule has 4 nitrogen and oxygen atoms in total. The van der Waals surface area contributed by atoms with Gasteiger partial charge in [0.05, 0.1) is 11.5 Å². The summed E-state index contributed by atoms with van der Waals surface area (Å²) in [5.41, 5.74) is 1.41. The van der Waals surface area contributed by atoms with E-state index in [-0.39, 0.29) is 0 Å². The van der Waals surface area contributed by atoms with Crippen LogP contribution in [-0.2, 0) is 11.2 Å². The van der Waals surface area contributed by atoms with E-state index >= 15 is 0 Å². The van der Waals surface area contributed by atoms with Gasteiger partial charge in [-0.3, -0.25) is 0 Å². The molecule has 0 N–H and O–H groups in total. The van der Waals surface area contributed by atoms with Crippen LogP contribution in [0.1, 0.15) is 42.6 Å². The van der Waals surface area contributed by atoms with E-state index < -0.39 is 5.97 Å². The van der Waals surface area contributed by atoms with E-state index in [1.807, 2.05) is 18.4 Å². The summed E-state index contributed by atoms with van der Waals surface area (Å²) in [5.74, 6) is 1.10. The summed E-state index contributed by atoms with van der Waals surface area (Å²) in [4.78, 5) is 17.3. The Morgan fingerprint density at radius 1 is 1.50 bits per heavy atom. The minimum atomic E-state index is -0.410. The summed E-state index contributed by atoms with van der Waals surface area (Å²) in [6, 6.07) is 2.01. The van der Waals surface area contributed by atoms with Gasteiger partial charge in [0.15, 0.2) is 5.69 Å². The summed E-state index contributed by atoms with van der Waals surface area (Å²) < 4.78 is 10.9. The molecule has 2 aromatic rings. The van der Waals surface area contributed by atoms with Crippen LogP contribution in [0.15, 0.2) is 15.9 Å². The van der Waals surface area contributed by atoms with Gasteiger partial charge >= 0.3 is 5.97 Å². The topological polar surface area (TPSA) is 52.3 Å². The second-order valence-corrected chi connectivity index (χ2v) is 5.96. The number of aromatic nitrogens is 1. The molecule has 108 valence electrons. The van der Waals surface area contributed by atoms with Crippen LogP contribution in [0.5, 0.6) is 0 Å². The maximum Gasteiger partial charge on any atom is 0.360 e. The Bertz CT molecular complexity index is 598. The SMILES string of the molecule is CCOC(=O)c1nc(-c2sccc2C)oc1CC(C)C. The van der Waals surface area contributed by atoms with Gasteiger partial charge in [-0.2, -0.15) is 0 Å². The second-order valence-electron chi connectivity index (χ2n) is 5.04. The number of hydrogen-bond acceptors (Lipinski definition) is 5. The summed E-state index contributed by atoms with van der Waals surface area (Å²) in [7, 11) is 0. The second kappa shape index (κ2) is 6.22. The fourth-order valence-corrected chi connectivity index (χ4v) is 2.76. The predicted octanol–water partition coefficient (Wildman–Crippen LogP) is 4.09. The molecule has 0 aliphatic rings. The number of thiophene rings is 1. The zero-order valence-electron chi connectivity index (χ0n) is 12.2. The van der Waals surface area contributed by atoms with Crippen LogP contribution < -0.4 is 0 Å². The Kier molecular flexibility index (Phi) is 4.60. The molecule has 2 heterocycles. The van der Waals surface area contributed by atoms with E-state index in [1.165, 1.54) is 0 Å². The number of hydrogen-bond donors (Lipinski definition) is 0. The van der Waals surface area contributed by atoms with Gasteiger partial charge in [-0.1, -0.05) is 13.8 Å². The Hall–Kier alpha value is -1.62. The van der Waals surface area contributed by atoms with Crippen LogP contribution in [-0.4, -0.2) is 17.6 Å². The molecule has 0 amide bonds. The quantitative estimate of drug-likeness (QED) is 0.779. The first kappa shape index (κ1) is 14.8. The number of carbonyl (C=O) groups is 1. The zero-order valence-corrected chi connectivity index (χ0v) is 13.0. The van der Waals surface area contributed by atoms with E-state index in [1.54, 1.807) is 18.3 Å². The minimum Gasteiger partial charge on any atom is -0.461 e. The number of oxazole rings is 1. The Morgan fingerprint density at radius 2 is 2.25 bits per heavy atom. The van der Waals surface area contributed by atoms with Crippen molar-refractivity contribution in [3.63, 3.8) is 0 Å². The molecule has 0 saturated heterocycles. The molecule has 0 spiro atoms. The van der Waals surface area contributed by atoms with Gasteiger partial charge in [0.25, 0.3) is 0 Å². The molecule has 0 fully saturated rings. The number of rotatable bonds is 5. The molecule has 0 aliphatic heterocycles. The zero-order chi connectivity index (χ0) is 14.7. The van der Waals surface area contributed by atoms with Gasteiger partial charge in [0.2, 0.25) is 5.89 Å². The summed E-state index contributed by atoms with van der Waals surface area (Å²) >= 11 is 1.56. The minimum absolute atomic E-state index is 0.309. The molecule has 2 rings (SSSR count). The summed E-state index contributed by atoms with van der Waals surface area (Å²) in [6.07, 6.45) is 0.672. The molecule has 0 aromatic carbocycles. The van der Waals surface area contributed by atoms with Crippen molar-refractivity contribution in [2.75, 3.05) is 6.61 Å². The predicted molar refractivity (Wildman–Crippen MR) is 79.1 cm³/mol. The molecular weight excluding hydrogens is 274 g/mol. The molecule has 0 saturated carbocycles. The van der Waals surface area contributed by atoms with Crippen LogP contribution in [0.4, 0.5) is 0 Å². The average molecular weight is 293 g/mol. The number of aryl methyl sites for hydroxylation is 1. The van der Waals surface area contributed by atoms with Crippen LogP contribution in [0.25, 0.3) is 10.8 Å². The lowest BCUT2D eigenvalue weighted by atomic mass is 10.1. The molecule has 2 aromatic heterocycles. The highest BCUT2D eigenvalue weighted by atomic mass is 32.1. The molecule has 0 bridgehead atoms. The van der Waals surface area contributed by atoms with E-state index in [0.29, 0.717) is 36.3 Å². The Labute approximate surface area is 122 Å². The lowest BCUT2D eigenvalue weighted by Gasteiger charge is -2.03. The summed E-state index contributed by atoms with van der Waals surface area (Å²) in [5, 5.41) is 1.99. The van der Waals surface area contributed by atoms with Crippen LogP contribution in [0.2, 0.25) is 0 Å². The third-order valence-corrected chi connectivity index (χ3v) is 3.82. The van der Waals surface area contributed by atoms with Crippen molar-refractivity contribution in [1.29, 1.82) is 0 Å². The highest BCUT2D eigenvalue weighted by Crippen LogP contribution is 2.31. The van der Waals surface area contributed by atoms with Gasteiger partial charge in [-0.25, -0.2) is 9.78 Å². The monoisotopic (exact) mass is 293 g/mol. The Balaban J connectivity index is 2.41. The van der Waals surface area contributed by atoms with Crippen LogP contribution >= 0.6 is 11.3 Å². The molecule has 0 unspecified atom stereocenters. The van der Waals surface area contributed by atoms with Crippen LogP contribution in [0, 0.1) is 12.8 Å². The van der Waals surface area contributed by atoms with Gasteiger partial charge in [0, 0.05) is 6.42 Å². The first-order valence-electron chi connectivity index (χ1n) is 6.74. The molecule has 0 radical (unpaired) electrons. The van der Waals surface area contributed by atoms with Crippen molar-refractivity contribution >= 4 is 17.3 Å². The number of carbonyl (C=O) groups excluding carboxylic acids is 1. The normalized spacial score (nSPS) is 11.1. The molecule has 20 heavy (non-hydrogen) atoms. The highest BCUT2D eigenvalue weighted by molar-refractivity contribution is 7.13. The first-order valence-corrected chi connectivity index (χ1v) is 7.62. The molecular formula is C15H19NO3S. The highest BCUT2D eigenvalue weighted by Gasteiger charge is 2.23. The van der Waals surface area contributed by atoms with Crippen molar-refractivity contribution in [3.05, 3.63) is 28.5 Å². The maximum atomic E-state index is 12.0.